The number of nitrogens with zero attached hydrogens (tertiary/aromatic N) is 3. The van der Waals surface area contributed by atoms with Gasteiger partial charge >= 0.3 is 0 Å². The molecule has 1 aliphatic heterocycles. The van der Waals surface area contributed by atoms with Crippen LogP contribution >= 0.6 is 0 Å². The molecular weight excluding hydrogens is 423 g/mol. The molecule has 0 aliphatic carbocycles. The van der Waals surface area contributed by atoms with E-state index in [-0.39, 0.29) is 30.1 Å². The third kappa shape index (κ3) is 5.16. The Bertz CT molecular complexity index is 1150. The van der Waals surface area contributed by atoms with E-state index < -0.39 is 0 Å². The summed E-state index contributed by atoms with van der Waals surface area (Å²) in [5, 5.41) is 2.72. The van der Waals surface area contributed by atoms with E-state index in [0.29, 0.717) is 29.3 Å². The SMILES string of the molecule is COc1ccc(CC(=O)N2CCC[C@@H]2c2ncc(C(=O)Nc3ccc(F)cc3)c(C)n2)cc1. The van der Waals surface area contributed by atoms with Crippen molar-refractivity contribution in [2.24, 2.45) is 0 Å². The summed E-state index contributed by atoms with van der Waals surface area (Å²) < 4.78 is 18.2. The summed E-state index contributed by atoms with van der Waals surface area (Å²) in [5.74, 6) is 0.551. The van der Waals surface area contributed by atoms with Crippen LogP contribution in [0.3, 0.4) is 0 Å². The van der Waals surface area contributed by atoms with Gasteiger partial charge in [0.05, 0.1) is 30.8 Å². The molecule has 3 aromatic rings. The summed E-state index contributed by atoms with van der Waals surface area (Å²) in [5.41, 5.74) is 2.25. The summed E-state index contributed by atoms with van der Waals surface area (Å²) >= 11 is 0. The number of hydrogen-bond donors (Lipinski definition) is 1. The smallest absolute Gasteiger partial charge is 0.259 e. The number of ether oxygens (including phenoxy) is 1. The Balaban J connectivity index is 1.46. The number of carbonyl (C=O) groups is 2. The molecule has 2 aromatic carbocycles. The molecule has 33 heavy (non-hydrogen) atoms. The molecule has 2 heterocycles. The second-order valence-corrected chi connectivity index (χ2v) is 7.96. The largest absolute Gasteiger partial charge is 0.497 e. The highest BCUT2D eigenvalue weighted by Gasteiger charge is 2.32. The number of benzene rings is 2. The van der Waals surface area contributed by atoms with Crippen LogP contribution in [0.2, 0.25) is 0 Å². The fourth-order valence-corrected chi connectivity index (χ4v) is 3.95. The van der Waals surface area contributed by atoms with Crippen molar-refractivity contribution in [2.75, 3.05) is 19.0 Å². The minimum absolute atomic E-state index is 0.0158. The summed E-state index contributed by atoms with van der Waals surface area (Å²) in [4.78, 5) is 36.4. The zero-order valence-electron chi connectivity index (χ0n) is 18.5. The lowest BCUT2D eigenvalue weighted by Crippen LogP contribution is -2.33. The third-order valence-corrected chi connectivity index (χ3v) is 5.73. The number of halogens is 1. The Labute approximate surface area is 191 Å². The van der Waals surface area contributed by atoms with Gasteiger partial charge in [-0.1, -0.05) is 12.1 Å². The van der Waals surface area contributed by atoms with E-state index in [9.17, 15) is 14.0 Å². The average molecular weight is 448 g/mol. The monoisotopic (exact) mass is 448 g/mol. The fraction of sp³-hybridized carbons (Fsp3) is 0.280. The number of likely N-dealkylation sites (tertiary alicyclic amines) is 1. The van der Waals surface area contributed by atoms with Gasteiger partial charge in [-0.3, -0.25) is 9.59 Å². The van der Waals surface area contributed by atoms with E-state index in [1.807, 2.05) is 29.2 Å². The van der Waals surface area contributed by atoms with Crippen molar-refractivity contribution in [1.82, 2.24) is 14.9 Å². The van der Waals surface area contributed by atoms with E-state index in [2.05, 4.69) is 15.3 Å². The first kappa shape index (κ1) is 22.4. The number of anilines is 1. The van der Waals surface area contributed by atoms with Crippen LogP contribution in [0.25, 0.3) is 0 Å². The molecule has 1 saturated heterocycles. The van der Waals surface area contributed by atoms with Crippen molar-refractivity contribution in [3.8, 4) is 5.75 Å². The van der Waals surface area contributed by atoms with Crippen LogP contribution in [0, 0.1) is 12.7 Å². The zero-order valence-corrected chi connectivity index (χ0v) is 18.5. The predicted molar refractivity (Wildman–Crippen MR) is 122 cm³/mol. The number of methoxy groups -OCH3 is 1. The summed E-state index contributed by atoms with van der Waals surface area (Å²) in [6.07, 6.45) is 3.42. The van der Waals surface area contributed by atoms with Gasteiger partial charge in [0.1, 0.15) is 11.6 Å². The number of aryl methyl sites for hydroxylation is 1. The van der Waals surface area contributed by atoms with Crippen LogP contribution in [0.15, 0.2) is 54.7 Å². The van der Waals surface area contributed by atoms with Crippen molar-refractivity contribution in [1.29, 1.82) is 0 Å². The molecule has 4 rings (SSSR count). The molecule has 1 aromatic heterocycles. The molecule has 0 spiro atoms. The molecule has 0 radical (unpaired) electrons. The second kappa shape index (κ2) is 9.77. The standard InChI is InChI=1S/C25H25FN4O3/c1-16-21(25(32)29-19-9-7-18(26)8-10-19)15-27-24(28-16)22-4-3-13-30(22)23(31)14-17-5-11-20(33-2)12-6-17/h5-12,15,22H,3-4,13-14H2,1-2H3,(H,29,32)/t22-/m1/s1. The van der Waals surface area contributed by atoms with Gasteiger partial charge in [-0.2, -0.15) is 0 Å². The molecule has 8 heteroatoms. The van der Waals surface area contributed by atoms with E-state index in [1.54, 1.807) is 14.0 Å². The van der Waals surface area contributed by atoms with E-state index in [4.69, 9.17) is 4.74 Å². The maximum Gasteiger partial charge on any atom is 0.259 e. The third-order valence-electron chi connectivity index (χ3n) is 5.73. The van der Waals surface area contributed by atoms with Gasteiger partial charge in [-0.15, -0.1) is 0 Å². The normalized spacial score (nSPS) is 15.4. The van der Waals surface area contributed by atoms with Gasteiger partial charge in [0.2, 0.25) is 5.91 Å². The zero-order chi connectivity index (χ0) is 23.4. The van der Waals surface area contributed by atoms with Crippen molar-refractivity contribution in [3.63, 3.8) is 0 Å². The van der Waals surface area contributed by atoms with Gasteiger partial charge in [0.25, 0.3) is 5.91 Å². The number of aromatic nitrogens is 2. The number of hydrogen-bond acceptors (Lipinski definition) is 5. The Morgan fingerprint density at radius 1 is 1.15 bits per heavy atom. The van der Waals surface area contributed by atoms with E-state index in [0.717, 1.165) is 24.2 Å². The van der Waals surface area contributed by atoms with Gasteiger partial charge in [-0.05, 0) is 61.7 Å². The first-order chi connectivity index (χ1) is 15.9. The van der Waals surface area contributed by atoms with Crippen LogP contribution in [0.5, 0.6) is 5.75 Å². The fourth-order valence-electron chi connectivity index (χ4n) is 3.95. The van der Waals surface area contributed by atoms with Gasteiger partial charge in [-0.25, -0.2) is 14.4 Å². The van der Waals surface area contributed by atoms with Crippen LogP contribution in [-0.4, -0.2) is 40.3 Å². The molecular formula is C25H25FN4O3. The van der Waals surface area contributed by atoms with Crippen LogP contribution in [0.4, 0.5) is 10.1 Å². The minimum atomic E-state index is -0.375. The van der Waals surface area contributed by atoms with Crippen molar-refractivity contribution in [2.45, 2.75) is 32.2 Å². The Morgan fingerprint density at radius 2 is 1.88 bits per heavy atom. The minimum Gasteiger partial charge on any atom is -0.497 e. The molecule has 0 bridgehead atoms. The molecule has 1 atom stereocenters. The second-order valence-electron chi connectivity index (χ2n) is 7.96. The highest BCUT2D eigenvalue weighted by molar-refractivity contribution is 6.04. The van der Waals surface area contributed by atoms with Crippen molar-refractivity contribution >= 4 is 17.5 Å². The lowest BCUT2D eigenvalue weighted by Gasteiger charge is -2.24. The van der Waals surface area contributed by atoms with Crippen LogP contribution in [-0.2, 0) is 11.2 Å². The molecule has 1 fully saturated rings. The highest BCUT2D eigenvalue weighted by Crippen LogP contribution is 2.31. The molecule has 1 N–H and O–H groups in total. The Hall–Kier alpha value is -3.81. The lowest BCUT2D eigenvalue weighted by molar-refractivity contribution is -0.131. The lowest BCUT2D eigenvalue weighted by atomic mass is 10.1. The first-order valence-electron chi connectivity index (χ1n) is 10.8. The average Bonchev–Trinajstić information content (AvgIpc) is 3.31. The van der Waals surface area contributed by atoms with E-state index >= 15 is 0 Å². The predicted octanol–water partition coefficient (Wildman–Crippen LogP) is 4.09. The maximum absolute atomic E-state index is 13.1. The number of carbonyl (C=O) groups excluding carboxylic acids is 2. The van der Waals surface area contributed by atoms with Crippen molar-refractivity contribution < 1.29 is 18.7 Å². The summed E-state index contributed by atoms with van der Waals surface area (Å²) in [6, 6.07) is 12.8. The quantitative estimate of drug-likeness (QED) is 0.614. The number of rotatable bonds is 6. The highest BCUT2D eigenvalue weighted by atomic mass is 19.1. The first-order valence-corrected chi connectivity index (χ1v) is 10.8. The maximum atomic E-state index is 13.1. The van der Waals surface area contributed by atoms with Gasteiger partial charge < -0.3 is 15.0 Å². The van der Waals surface area contributed by atoms with Crippen LogP contribution < -0.4 is 10.1 Å². The molecule has 0 saturated carbocycles. The van der Waals surface area contributed by atoms with Crippen LogP contribution in [0.1, 0.15) is 46.3 Å². The summed E-state index contributed by atoms with van der Waals surface area (Å²) in [6.45, 7) is 2.39. The Kier molecular flexibility index (Phi) is 6.63. The van der Waals surface area contributed by atoms with Gasteiger partial charge in [0.15, 0.2) is 5.82 Å². The molecule has 2 amide bonds. The Morgan fingerprint density at radius 3 is 2.55 bits per heavy atom. The topological polar surface area (TPSA) is 84.4 Å². The molecule has 170 valence electrons. The van der Waals surface area contributed by atoms with Gasteiger partial charge in [0, 0.05) is 18.4 Å². The number of nitrogens with one attached hydrogen (secondary N) is 1. The molecule has 0 unspecified atom stereocenters. The van der Waals surface area contributed by atoms with E-state index in [1.165, 1.54) is 30.5 Å². The summed E-state index contributed by atoms with van der Waals surface area (Å²) in [7, 11) is 1.61. The van der Waals surface area contributed by atoms with Crippen molar-refractivity contribution in [3.05, 3.63) is 83.2 Å². The molecule has 7 nitrogen and oxygen atoms in total. The molecule has 1 aliphatic rings. The number of amides is 2.